The van der Waals surface area contributed by atoms with E-state index in [1.807, 2.05) is 7.11 Å². The van der Waals surface area contributed by atoms with Crippen LogP contribution in [0.25, 0.3) is 0 Å². The molecule has 0 aromatic heterocycles. The summed E-state index contributed by atoms with van der Waals surface area (Å²) in [5.74, 6) is 0.801. The summed E-state index contributed by atoms with van der Waals surface area (Å²) in [7, 11) is 1.85. The van der Waals surface area contributed by atoms with E-state index in [9.17, 15) is 0 Å². The first kappa shape index (κ1) is 13.0. The van der Waals surface area contributed by atoms with Gasteiger partial charge in [-0.15, -0.1) is 0 Å². The van der Waals surface area contributed by atoms with E-state index in [1.54, 1.807) is 0 Å². The molecule has 0 N–H and O–H groups in total. The van der Waals surface area contributed by atoms with Gasteiger partial charge in [0, 0.05) is 20.2 Å². The topological polar surface area (TPSA) is 12.5 Å². The van der Waals surface area contributed by atoms with Crippen LogP contribution in [0.5, 0.6) is 0 Å². The Bertz CT molecular complexity index is 185. The fourth-order valence-corrected chi connectivity index (χ4v) is 2.55. The lowest BCUT2D eigenvalue weighted by Crippen LogP contribution is -2.46. The first-order chi connectivity index (χ1) is 6.99. The zero-order valence-corrected chi connectivity index (χ0v) is 11.0. The van der Waals surface area contributed by atoms with Crippen LogP contribution < -0.4 is 0 Å². The van der Waals surface area contributed by atoms with Gasteiger partial charge in [-0.2, -0.15) is 0 Å². The number of hydrogen-bond acceptors (Lipinski definition) is 2. The van der Waals surface area contributed by atoms with Crippen molar-refractivity contribution in [3.63, 3.8) is 0 Å². The zero-order valence-electron chi connectivity index (χ0n) is 11.0. The second kappa shape index (κ2) is 5.31. The van der Waals surface area contributed by atoms with Crippen LogP contribution in [0.3, 0.4) is 0 Å². The molecule has 0 aromatic rings. The van der Waals surface area contributed by atoms with Crippen molar-refractivity contribution < 1.29 is 4.74 Å². The lowest BCUT2D eigenvalue weighted by Gasteiger charge is -2.43. The molecule has 1 heterocycles. The molecule has 2 atom stereocenters. The van der Waals surface area contributed by atoms with Gasteiger partial charge in [-0.25, -0.2) is 0 Å². The summed E-state index contributed by atoms with van der Waals surface area (Å²) in [4.78, 5) is 2.49. The molecule has 1 fully saturated rings. The molecule has 2 nitrogen and oxygen atoms in total. The highest BCUT2D eigenvalue weighted by atomic mass is 16.5. The SMILES string of the molecule is CCCN1CCC(C(C)(C)C)CC1OC. The van der Waals surface area contributed by atoms with E-state index >= 15 is 0 Å². The zero-order chi connectivity index (χ0) is 11.5. The molecule has 1 saturated heterocycles. The van der Waals surface area contributed by atoms with Gasteiger partial charge in [-0.05, 0) is 30.6 Å². The monoisotopic (exact) mass is 213 g/mol. The molecule has 15 heavy (non-hydrogen) atoms. The Morgan fingerprint density at radius 1 is 1.33 bits per heavy atom. The minimum Gasteiger partial charge on any atom is -0.366 e. The number of rotatable bonds is 3. The van der Waals surface area contributed by atoms with Crippen LogP contribution in [0.15, 0.2) is 0 Å². The van der Waals surface area contributed by atoms with Gasteiger partial charge >= 0.3 is 0 Å². The normalized spacial score (nSPS) is 29.4. The minimum atomic E-state index is 0.350. The second-order valence-corrected chi connectivity index (χ2v) is 5.81. The average Bonchev–Trinajstić information content (AvgIpc) is 2.17. The van der Waals surface area contributed by atoms with Crippen molar-refractivity contribution in [3.8, 4) is 0 Å². The van der Waals surface area contributed by atoms with Crippen molar-refractivity contribution in [3.05, 3.63) is 0 Å². The molecule has 0 aromatic carbocycles. The van der Waals surface area contributed by atoms with E-state index in [1.165, 1.54) is 32.4 Å². The van der Waals surface area contributed by atoms with Gasteiger partial charge in [-0.3, -0.25) is 4.90 Å². The highest BCUT2D eigenvalue weighted by molar-refractivity contribution is 4.83. The van der Waals surface area contributed by atoms with Crippen LogP contribution in [-0.2, 0) is 4.74 Å². The van der Waals surface area contributed by atoms with Crippen LogP contribution in [0.4, 0.5) is 0 Å². The smallest absolute Gasteiger partial charge is 0.110 e. The van der Waals surface area contributed by atoms with E-state index in [-0.39, 0.29) is 0 Å². The highest BCUT2D eigenvalue weighted by Crippen LogP contribution is 2.36. The van der Waals surface area contributed by atoms with E-state index in [4.69, 9.17) is 4.74 Å². The van der Waals surface area contributed by atoms with Crippen molar-refractivity contribution >= 4 is 0 Å². The standard InChI is InChI=1S/C13H27NO/c1-6-8-14-9-7-11(13(2,3)4)10-12(14)15-5/h11-12H,6-10H2,1-5H3. The summed E-state index contributed by atoms with van der Waals surface area (Å²) in [6, 6.07) is 0. The molecule has 1 aliphatic rings. The average molecular weight is 213 g/mol. The van der Waals surface area contributed by atoms with E-state index < -0.39 is 0 Å². The third kappa shape index (κ3) is 3.46. The lowest BCUT2D eigenvalue weighted by molar-refractivity contribution is -0.0856. The fraction of sp³-hybridized carbons (Fsp3) is 1.00. The maximum absolute atomic E-state index is 5.61. The molecule has 0 saturated carbocycles. The summed E-state index contributed by atoms with van der Waals surface area (Å²) < 4.78 is 5.61. The van der Waals surface area contributed by atoms with E-state index in [0.29, 0.717) is 11.6 Å². The molecule has 0 bridgehead atoms. The van der Waals surface area contributed by atoms with Gasteiger partial charge in [0.2, 0.25) is 0 Å². The Morgan fingerprint density at radius 2 is 2.00 bits per heavy atom. The molecular formula is C13H27NO. The van der Waals surface area contributed by atoms with Gasteiger partial charge in [-0.1, -0.05) is 27.7 Å². The summed E-state index contributed by atoms with van der Waals surface area (Å²) >= 11 is 0. The molecule has 2 heteroatoms. The minimum absolute atomic E-state index is 0.350. The van der Waals surface area contributed by atoms with Crippen LogP contribution in [0.1, 0.15) is 47.0 Å². The Hall–Kier alpha value is -0.0800. The lowest BCUT2D eigenvalue weighted by atomic mass is 9.75. The van der Waals surface area contributed by atoms with Crippen molar-refractivity contribution in [1.29, 1.82) is 0 Å². The second-order valence-electron chi connectivity index (χ2n) is 5.81. The highest BCUT2D eigenvalue weighted by Gasteiger charge is 2.34. The number of ether oxygens (including phenoxy) is 1. The van der Waals surface area contributed by atoms with Gasteiger partial charge in [0.05, 0.1) is 0 Å². The van der Waals surface area contributed by atoms with Crippen molar-refractivity contribution in [2.24, 2.45) is 11.3 Å². The number of piperidine rings is 1. The third-order valence-electron chi connectivity index (χ3n) is 3.67. The molecule has 1 aliphatic heterocycles. The predicted octanol–water partition coefficient (Wildman–Crippen LogP) is 3.13. The summed E-state index contributed by atoms with van der Waals surface area (Å²) in [6.07, 6.45) is 4.09. The third-order valence-corrected chi connectivity index (χ3v) is 3.67. The molecule has 1 rings (SSSR count). The van der Waals surface area contributed by atoms with E-state index in [0.717, 1.165) is 5.92 Å². The molecule has 0 aliphatic carbocycles. The molecule has 0 spiro atoms. The number of nitrogens with zero attached hydrogens (tertiary/aromatic N) is 1. The Balaban J connectivity index is 2.55. The molecule has 90 valence electrons. The summed E-state index contributed by atoms with van der Waals surface area (Å²) in [5, 5.41) is 0. The van der Waals surface area contributed by atoms with Crippen molar-refractivity contribution in [2.75, 3.05) is 20.2 Å². The quantitative estimate of drug-likeness (QED) is 0.714. The first-order valence-corrected chi connectivity index (χ1v) is 6.26. The van der Waals surface area contributed by atoms with Crippen LogP contribution in [0.2, 0.25) is 0 Å². The Labute approximate surface area is 95.0 Å². The maximum Gasteiger partial charge on any atom is 0.110 e. The van der Waals surface area contributed by atoms with Crippen LogP contribution in [0, 0.1) is 11.3 Å². The van der Waals surface area contributed by atoms with Gasteiger partial charge in [0.1, 0.15) is 6.23 Å². The van der Waals surface area contributed by atoms with Gasteiger partial charge < -0.3 is 4.74 Å². The molecule has 2 unspecified atom stereocenters. The fourth-order valence-electron chi connectivity index (χ4n) is 2.55. The van der Waals surface area contributed by atoms with Gasteiger partial charge in [0.25, 0.3) is 0 Å². The number of likely N-dealkylation sites (tertiary alicyclic amines) is 1. The maximum atomic E-state index is 5.61. The number of methoxy groups -OCH3 is 1. The largest absolute Gasteiger partial charge is 0.366 e. The predicted molar refractivity (Wildman–Crippen MR) is 64.8 cm³/mol. The number of hydrogen-bond donors (Lipinski definition) is 0. The van der Waals surface area contributed by atoms with Crippen LogP contribution in [-0.4, -0.2) is 31.3 Å². The molecule has 0 radical (unpaired) electrons. The summed E-state index contributed by atoms with van der Waals surface area (Å²) in [6.45, 7) is 11.7. The van der Waals surface area contributed by atoms with Crippen molar-refractivity contribution in [2.45, 2.75) is 53.2 Å². The molecular weight excluding hydrogens is 186 g/mol. The Kier molecular flexibility index (Phi) is 4.60. The summed E-state index contributed by atoms with van der Waals surface area (Å²) in [5.41, 5.74) is 0.426. The van der Waals surface area contributed by atoms with Gasteiger partial charge in [0.15, 0.2) is 0 Å². The molecule has 0 amide bonds. The first-order valence-electron chi connectivity index (χ1n) is 6.26. The van der Waals surface area contributed by atoms with Crippen LogP contribution >= 0.6 is 0 Å². The van der Waals surface area contributed by atoms with Crippen molar-refractivity contribution in [1.82, 2.24) is 4.90 Å². The van der Waals surface area contributed by atoms with E-state index in [2.05, 4.69) is 32.6 Å². The Morgan fingerprint density at radius 3 is 2.47 bits per heavy atom.